The molecule has 4 rings (SSSR count). The lowest BCUT2D eigenvalue weighted by atomic mass is 10.1. The van der Waals surface area contributed by atoms with E-state index >= 15 is 0 Å². The van der Waals surface area contributed by atoms with Crippen LogP contribution in [0.3, 0.4) is 0 Å². The van der Waals surface area contributed by atoms with Gasteiger partial charge in [0.2, 0.25) is 9.84 Å². The summed E-state index contributed by atoms with van der Waals surface area (Å²) in [7, 11) is -3.54. The maximum Gasteiger partial charge on any atom is 0.317 e. The molecule has 1 N–H and O–H groups in total. The first-order valence-corrected chi connectivity index (χ1v) is 10.7. The molecule has 0 radical (unpaired) electrons. The molecule has 1 aromatic heterocycles. The van der Waals surface area contributed by atoms with E-state index in [0.29, 0.717) is 26.1 Å². The predicted octanol–water partition coefficient (Wildman–Crippen LogP) is 2.58. The number of carbonyl (C=O) groups excluding carboxylic acids is 1. The van der Waals surface area contributed by atoms with Crippen LogP contribution in [0.4, 0.5) is 4.79 Å². The van der Waals surface area contributed by atoms with Crippen LogP contribution >= 0.6 is 0 Å². The molecule has 3 aromatic rings. The number of sulfone groups is 1. The van der Waals surface area contributed by atoms with Crippen molar-refractivity contribution in [1.29, 1.82) is 0 Å². The largest absolute Gasteiger partial charge is 0.334 e. The smallest absolute Gasteiger partial charge is 0.317 e. The van der Waals surface area contributed by atoms with E-state index in [1.807, 2.05) is 0 Å². The average molecular weight is 408 g/mol. The van der Waals surface area contributed by atoms with Gasteiger partial charge in [0, 0.05) is 31.3 Å². The third kappa shape index (κ3) is 4.12. The molecule has 7 nitrogen and oxygen atoms in total. The minimum absolute atomic E-state index is 0.166. The number of fused-ring (bicyclic) bond motifs is 1. The van der Waals surface area contributed by atoms with Crippen molar-refractivity contribution >= 4 is 15.9 Å². The van der Waals surface area contributed by atoms with Gasteiger partial charge in [-0.15, -0.1) is 0 Å². The third-order valence-corrected chi connectivity index (χ3v) is 6.66. The molecule has 0 bridgehead atoms. The number of nitrogens with zero attached hydrogens (tertiary/aromatic N) is 3. The van der Waals surface area contributed by atoms with E-state index < -0.39 is 9.84 Å². The van der Waals surface area contributed by atoms with Crippen LogP contribution in [0.25, 0.3) is 0 Å². The summed E-state index contributed by atoms with van der Waals surface area (Å²) >= 11 is 0. The Hall–Kier alpha value is -3.26. The average Bonchev–Trinajstić information content (AvgIpc) is 2.78. The van der Waals surface area contributed by atoms with Crippen LogP contribution in [0.1, 0.15) is 16.8 Å². The lowest BCUT2D eigenvalue weighted by molar-refractivity contribution is 0.191. The molecule has 8 heteroatoms. The number of rotatable bonds is 4. The number of carbonyl (C=O) groups is 1. The summed E-state index contributed by atoms with van der Waals surface area (Å²) in [5.41, 5.74) is 2.77. The summed E-state index contributed by atoms with van der Waals surface area (Å²) in [5.74, 6) is 0. The van der Waals surface area contributed by atoms with Crippen molar-refractivity contribution in [3.8, 4) is 0 Å². The summed E-state index contributed by atoms with van der Waals surface area (Å²) in [4.78, 5) is 22.9. The maximum atomic E-state index is 12.6. The van der Waals surface area contributed by atoms with Crippen LogP contribution in [0, 0.1) is 0 Å². The van der Waals surface area contributed by atoms with Crippen molar-refractivity contribution in [1.82, 2.24) is 20.2 Å². The lowest BCUT2D eigenvalue weighted by Crippen LogP contribution is -2.42. The highest BCUT2D eigenvalue weighted by Crippen LogP contribution is 2.21. The van der Waals surface area contributed by atoms with Crippen molar-refractivity contribution in [3.63, 3.8) is 0 Å². The first-order chi connectivity index (χ1) is 14.0. The molecular weight excluding hydrogens is 388 g/mol. The molecule has 0 unspecified atom stereocenters. The number of aromatic nitrogens is 2. The van der Waals surface area contributed by atoms with Crippen LogP contribution in [-0.4, -0.2) is 35.9 Å². The molecule has 0 atom stereocenters. The van der Waals surface area contributed by atoms with Crippen molar-refractivity contribution in [2.75, 3.05) is 6.54 Å². The molecule has 2 amide bonds. The van der Waals surface area contributed by atoms with Gasteiger partial charge < -0.3 is 10.2 Å². The normalized spacial score (nSPS) is 13.6. The van der Waals surface area contributed by atoms with E-state index in [2.05, 4.69) is 15.3 Å². The zero-order valence-corrected chi connectivity index (χ0v) is 16.5. The highest BCUT2D eigenvalue weighted by molar-refractivity contribution is 7.91. The van der Waals surface area contributed by atoms with E-state index in [4.69, 9.17) is 0 Å². The third-order valence-electron chi connectivity index (χ3n) is 4.88. The van der Waals surface area contributed by atoms with E-state index in [0.717, 1.165) is 16.8 Å². The number of hydrogen-bond acceptors (Lipinski definition) is 5. The molecule has 2 heterocycles. The Morgan fingerprint density at radius 3 is 2.52 bits per heavy atom. The van der Waals surface area contributed by atoms with Crippen molar-refractivity contribution in [2.45, 2.75) is 29.3 Å². The number of benzene rings is 2. The van der Waals surface area contributed by atoms with Crippen LogP contribution in [0.5, 0.6) is 0 Å². The highest BCUT2D eigenvalue weighted by atomic mass is 32.2. The molecule has 29 heavy (non-hydrogen) atoms. The van der Waals surface area contributed by atoms with Gasteiger partial charge in [0.25, 0.3) is 0 Å². The van der Waals surface area contributed by atoms with Gasteiger partial charge in [-0.25, -0.2) is 23.2 Å². The summed E-state index contributed by atoms with van der Waals surface area (Å²) in [6.45, 7) is 1.40. The van der Waals surface area contributed by atoms with Crippen molar-refractivity contribution in [3.05, 3.63) is 83.9 Å². The Bertz CT molecular complexity index is 1120. The second-order valence-corrected chi connectivity index (χ2v) is 8.74. The molecule has 148 valence electrons. The Balaban J connectivity index is 1.38. The molecule has 0 saturated carbocycles. The molecule has 2 aromatic carbocycles. The first-order valence-electron chi connectivity index (χ1n) is 9.23. The van der Waals surface area contributed by atoms with Gasteiger partial charge in [0.15, 0.2) is 0 Å². The van der Waals surface area contributed by atoms with Gasteiger partial charge in [0.1, 0.15) is 6.33 Å². The molecule has 0 aliphatic carbocycles. The fourth-order valence-corrected chi connectivity index (χ4v) is 4.53. The summed E-state index contributed by atoms with van der Waals surface area (Å²) in [6, 6.07) is 14.7. The Labute approximate surface area is 169 Å². The summed E-state index contributed by atoms with van der Waals surface area (Å²) in [5, 5.41) is 2.89. The number of hydrogen-bond donors (Lipinski definition) is 1. The van der Waals surface area contributed by atoms with Crippen LogP contribution in [0.15, 0.2) is 76.9 Å². The second kappa shape index (κ2) is 8.00. The van der Waals surface area contributed by atoms with Gasteiger partial charge in [-0.05, 0) is 29.8 Å². The first kappa shape index (κ1) is 19.1. The predicted molar refractivity (Wildman–Crippen MR) is 107 cm³/mol. The molecule has 1 aliphatic heterocycles. The van der Waals surface area contributed by atoms with E-state index in [1.54, 1.807) is 65.7 Å². The topological polar surface area (TPSA) is 92.3 Å². The summed E-state index contributed by atoms with van der Waals surface area (Å²) in [6.07, 6.45) is 3.97. The second-order valence-electron chi connectivity index (χ2n) is 6.79. The molecule has 0 saturated heterocycles. The van der Waals surface area contributed by atoms with E-state index in [1.165, 1.54) is 6.33 Å². The van der Waals surface area contributed by atoms with E-state index in [-0.39, 0.29) is 15.8 Å². The Morgan fingerprint density at radius 2 is 1.76 bits per heavy atom. The molecular formula is C21H20N4O3S. The van der Waals surface area contributed by atoms with Gasteiger partial charge in [-0.3, -0.25) is 0 Å². The van der Waals surface area contributed by atoms with Gasteiger partial charge in [-0.2, -0.15) is 0 Å². The molecule has 0 fully saturated rings. The maximum absolute atomic E-state index is 12.6. The van der Waals surface area contributed by atoms with Gasteiger partial charge in [0.05, 0.1) is 22.0 Å². The van der Waals surface area contributed by atoms with Gasteiger partial charge in [-0.1, -0.05) is 30.3 Å². The monoisotopic (exact) mass is 408 g/mol. The lowest BCUT2D eigenvalue weighted by Gasteiger charge is -2.28. The summed E-state index contributed by atoms with van der Waals surface area (Å²) < 4.78 is 25.3. The molecule has 0 spiro atoms. The molecule has 1 aliphatic rings. The van der Waals surface area contributed by atoms with Gasteiger partial charge >= 0.3 is 6.03 Å². The quantitative estimate of drug-likeness (QED) is 0.716. The Morgan fingerprint density at radius 1 is 1.03 bits per heavy atom. The standard InChI is InChI=1S/C21H20N4O3S/c26-21(25-11-10-20-17(14-25)13-22-15-24-20)23-12-16-6-8-19(9-7-16)29(27,28)18-4-2-1-3-5-18/h1-9,13,15H,10-12,14H2,(H,23,26). The van der Waals surface area contributed by atoms with Crippen LogP contribution in [0.2, 0.25) is 0 Å². The van der Waals surface area contributed by atoms with E-state index in [9.17, 15) is 13.2 Å². The number of amides is 2. The zero-order chi connectivity index (χ0) is 20.3. The Kier molecular flexibility index (Phi) is 5.26. The van der Waals surface area contributed by atoms with Crippen LogP contribution < -0.4 is 5.32 Å². The van der Waals surface area contributed by atoms with Crippen molar-refractivity contribution < 1.29 is 13.2 Å². The fraction of sp³-hybridized carbons (Fsp3) is 0.190. The number of nitrogens with one attached hydrogen (secondary N) is 1. The fourth-order valence-electron chi connectivity index (χ4n) is 3.25. The minimum Gasteiger partial charge on any atom is -0.334 e. The van der Waals surface area contributed by atoms with Crippen molar-refractivity contribution in [2.24, 2.45) is 0 Å². The SMILES string of the molecule is O=C(NCc1ccc(S(=O)(=O)c2ccccc2)cc1)N1CCc2ncncc2C1. The highest BCUT2D eigenvalue weighted by Gasteiger charge is 2.21. The zero-order valence-electron chi connectivity index (χ0n) is 15.7. The minimum atomic E-state index is -3.54. The van der Waals surface area contributed by atoms with Crippen LogP contribution in [-0.2, 0) is 29.3 Å². The number of urea groups is 1.